The first kappa shape index (κ1) is 14.8. The Kier molecular flexibility index (Phi) is 4.85. The third-order valence-electron chi connectivity index (χ3n) is 4.95. The van der Waals surface area contributed by atoms with E-state index in [1.807, 2.05) is 6.92 Å². The number of nitrogens with two attached hydrogens (primary N) is 1. The van der Waals surface area contributed by atoms with Crippen LogP contribution in [0.25, 0.3) is 0 Å². The molecule has 0 radical (unpaired) electrons. The Bertz CT molecular complexity index is 317. The number of hydrogen-bond donors (Lipinski definition) is 2. The molecule has 19 heavy (non-hydrogen) atoms. The molecule has 0 bridgehead atoms. The molecule has 1 saturated carbocycles. The number of amides is 1. The molecule has 4 heteroatoms. The van der Waals surface area contributed by atoms with Gasteiger partial charge in [-0.15, -0.1) is 0 Å². The van der Waals surface area contributed by atoms with Crippen LogP contribution in [0.5, 0.6) is 0 Å². The Morgan fingerprint density at radius 1 is 1.42 bits per heavy atom. The van der Waals surface area contributed by atoms with Crippen molar-refractivity contribution in [3.63, 3.8) is 0 Å². The molecule has 2 aliphatic rings. The first-order valence-electron chi connectivity index (χ1n) is 7.82. The van der Waals surface area contributed by atoms with E-state index in [-0.39, 0.29) is 17.4 Å². The highest BCUT2D eigenvalue weighted by Gasteiger charge is 2.37. The molecule has 1 heterocycles. The van der Waals surface area contributed by atoms with Crippen LogP contribution in [-0.2, 0) is 4.79 Å². The van der Waals surface area contributed by atoms with Gasteiger partial charge in [-0.1, -0.05) is 19.8 Å². The number of hydrogen-bond acceptors (Lipinski definition) is 3. The van der Waals surface area contributed by atoms with Gasteiger partial charge in [0.05, 0.1) is 5.92 Å². The van der Waals surface area contributed by atoms with Crippen molar-refractivity contribution < 1.29 is 4.79 Å². The first-order valence-corrected chi connectivity index (χ1v) is 7.82. The highest BCUT2D eigenvalue weighted by atomic mass is 16.1. The maximum Gasteiger partial charge on any atom is 0.224 e. The lowest BCUT2D eigenvalue weighted by atomic mass is 9.74. The molecule has 2 fully saturated rings. The largest absolute Gasteiger partial charge is 0.355 e. The van der Waals surface area contributed by atoms with Crippen molar-refractivity contribution in [1.82, 2.24) is 10.2 Å². The summed E-state index contributed by atoms with van der Waals surface area (Å²) >= 11 is 0. The molecule has 4 nitrogen and oxygen atoms in total. The standard InChI is InChI=1S/C15H29N3O/c1-3-18-9-7-12(11-18)10-17-14(19)13-6-4-5-8-15(13,2)16/h12-13H,3-11,16H2,1-2H3,(H,17,19). The maximum atomic E-state index is 12.3. The van der Waals surface area contributed by atoms with E-state index < -0.39 is 0 Å². The molecule has 1 aliphatic carbocycles. The van der Waals surface area contributed by atoms with Crippen LogP contribution in [0.4, 0.5) is 0 Å². The molecule has 3 N–H and O–H groups in total. The van der Waals surface area contributed by atoms with Crippen molar-refractivity contribution in [2.75, 3.05) is 26.2 Å². The summed E-state index contributed by atoms with van der Waals surface area (Å²) in [6.45, 7) is 8.47. The van der Waals surface area contributed by atoms with Crippen LogP contribution < -0.4 is 11.1 Å². The van der Waals surface area contributed by atoms with Crippen LogP contribution in [0.3, 0.4) is 0 Å². The zero-order valence-corrected chi connectivity index (χ0v) is 12.5. The molecule has 3 unspecified atom stereocenters. The number of rotatable bonds is 4. The van der Waals surface area contributed by atoms with Gasteiger partial charge in [-0.2, -0.15) is 0 Å². The van der Waals surface area contributed by atoms with E-state index in [2.05, 4.69) is 17.1 Å². The Morgan fingerprint density at radius 2 is 2.21 bits per heavy atom. The minimum atomic E-state index is -0.312. The number of carbonyl (C=O) groups is 1. The van der Waals surface area contributed by atoms with Gasteiger partial charge >= 0.3 is 0 Å². The maximum absolute atomic E-state index is 12.3. The van der Waals surface area contributed by atoms with E-state index in [0.29, 0.717) is 5.92 Å². The van der Waals surface area contributed by atoms with Crippen LogP contribution >= 0.6 is 0 Å². The topological polar surface area (TPSA) is 58.4 Å². The predicted molar refractivity (Wildman–Crippen MR) is 77.8 cm³/mol. The Hall–Kier alpha value is -0.610. The van der Waals surface area contributed by atoms with Crippen LogP contribution in [0.15, 0.2) is 0 Å². The Labute approximate surface area is 117 Å². The summed E-state index contributed by atoms with van der Waals surface area (Å²) in [5.74, 6) is 0.807. The fraction of sp³-hybridized carbons (Fsp3) is 0.933. The average Bonchev–Trinajstić information content (AvgIpc) is 2.83. The summed E-state index contributed by atoms with van der Waals surface area (Å²) in [5, 5.41) is 3.15. The van der Waals surface area contributed by atoms with Gasteiger partial charge in [0.1, 0.15) is 0 Å². The van der Waals surface area contributed by atoms with Gasteiger partial charge < -0.3 is 16.0 Å². The molecule has 0 aromatic carbocycles. The van der Waals surface area contributed by atoms with Gasteiger partial charge in [-0.25, -0.2) is 0 Å². The van der Waals surface area contributed by atoms with Crippen molar-refractivity contribution in [3.8, 4) is 0 Å². The Balaban J connectivity index is 1.78. The monoisotopic (exact) mass is 267 g/mol. The summed E-state index contributed by atoms with van der Waals surface area (Å²) < 4.78 is 0. The van der Waals surface area contributed by atoms with Crippen molar-refractivity contribution in [2.24, 2.45) is 17.6 Å². The van der Waals surface area contributed by atoms with Crippen molar-refractivity contribution in [1.29, 1.82) is 0 Å². The van der Waals surface area contributed by atoms with Gasteiger partial charge in [-0.3, -0.25) is 4.79 Å². The molecule has 1 aliphatic heterocycles. The van der Waals surface area contributed by atoms with Crippen LogP contribution in [0.1, 0.15) is 46.0 Å². The second-order valence-corrected chi connectivity index (χ2v) is 6.60. The van der Waals surface area contributed by atoms with E-state index in [1.54, 1.807) is 0 Å². The second-order valence-electron chi connectivity index (χ2n) is 6.60. The molecular weight excluding hydrogens is 238 g/mol. The fourth-order valence-electron chi connectivity index (χ4n) is 3.52. The molecule has 110 valence electrons. The summed E-state index contributed by atoms with van der Waals surface area (Å²) in [6, 6.07) is 0. The van der Waals surface area contributed by atoms with Crippen molar-refractivity contribution >= 4 is 5.91 Å². The van der Waals surface area contributed by atoms with E-state index in [1.165, 1.54) is 13.0 Å². The highest BCUT2D eigenvalue weighted by Crippen LogP contribution is 2.31. The van der Waals surface area contributed by atoms with E-state index in [0.717, 1.165) is 45.3 Å². The molecule has 1 amide bonds. The molecule has 3 atom stereocenters. The number of nitrogens with one attached hydrogen (secondary N) is 1. The lowest BCUT2D eigenvalue weighted by molar-refractivity contribution is -0.128. The van der Waals surface area contributed by atoms with Crippen molar-refractivity contribution in [3.05, 3.63) is 0 Å². The number of nitrogens with zero attached hydrogens (tertiary/aromatic N) is 1. The summed E-state index contributed by atoms with van der Waals surface area (Å²) in [4.78, 5) is 14.8. The summed E-state index contributed by atoms with van der Waals surface area (Å²) in [7, 11) is 0. The minimum absolute atomic E-state index is 0.00457. The zero-order chi connectivity index (χ0) is 13.9. The summed E-state index contributed by atoms with van der Waals surface area (Å²) in [5.41, 5.74) is 5.97. The zero-order valence-electron chi connectivity index (χ0n) is 12.5. The predicted octanol–water partition coefficient (Wildman–Crippen LogP) is 1.35. The second kappa shape index (κ2) is 6.23. The normalized spacial score (nSPS) is 36.4. The fourth-order valence-corrected chi connectivity index (χ4v) is 3.52. The Morgan fingerprint density at radius 3 is 2.84 bits per heavy atom. The van der Waals surface area contributed by atoms with Crippen LogP contribution in [-0.4, -0.2) is 42.5 Å². The average molecular weight is 267 g/mol. The number of carbonyl (C=O) groups excluding carboxylic acids is 1. The van der Waals surface area contributed by atoms with Gasteiger partial charge in [0.25, 0.3) is 0 Å². The quantitative estimate of drug-likeness (QED) is 0.808. The van der Waals surface area contributed by atoms with Gasteiger partial charge in [0.2, 0.25) is 5.91 Å². The molecule has 0 aromatic heterocycles. The third-order valence-corrected chi connectivity index (χ3v) is 4.95. The van der Waals surface area contributed by atoms with E-state index >= 15 is 0 Å². The van der Waals surface area contributed by atoms with Crippen molar-refractivity contribution in [2.45, 2.75) is 51.5 Å². The number of likely N-dealkylation sites (tertiary alicyclic amines) is 1. The first-order chi connectivity index (χ1) is 9.03. The van der Waals surface area contributed by atoms with Crippen LogP contribution in [0.2, 0.25) is 0 Å². The third kappa shape index (κ3) is 3.69. The molecule has 1 saturated heterocycles. The van der Waals surface area contributed by atoms with Gasteiger partial charge in [0, 0.05) is 18.6 Å². The summed E-state index contributed by atoms with van der Waals surface area (Å²) in [6.07, 6.45) is 5.42. The molecular formula is C15H29N3O. The highest BCUT2D eigenvalue weighted by molar-refractivity contribution is 5.80. The van der Waals surface area contributed by atoms with Crippen LogP contribution in [0, 0.1) is 11.8 Å². The van der Waals surface area contributed by atoms with E-state index in [4.69, 9.17) is 5.73 Å². The lowest BCUT2D eigenvalue weighted by Gasteiger charge is -2.37. The lowest BCUT2D eigenvalue weighted by Crippen LogP contribution is -2.53. The minimum Gasteiger partial charge on any atom is -0.355 e. The van der Waals surface area contributed by atoms with Gasteiger partial charge in [-0.05, 0) is 45.2 Å². The smallest absolute Gasteiger partial charge is 0.224 e. The SMILES string of the molecule is CCN1CCC(CNC(=O)C2CCCCC2(C)N)C1. The molecule has 2 rings (SSSR count). The molecule has 0 aromatic rings. The van der Waals surface area contributed by atoms with E-state index in [9.17, 15) is 4.79 Å². The van der Waals surface area contributed by atoms with Gasteiger partial charge in [0.15, 0.2) is 0 Å². The molecule has 0 spiro atoms.